The van der Waals surface area contributed by atoms with Crippen LogP contribution in [-0.2, 0) is 0 Å². The Morgan fingerprint density at radius 3 is 3.16 bits per heavy atom. The number of rotatable bonds is 4. The Labute approximate surface area is 111 Å². The first-order valence-corrected chi connectivity index (χ1v) is 6.49. The van der Waals surface area contributed by atoms with Crippen LogP contribution >= 0.6 is 0 Å². The Bertz CT molecular complexity index is 564. The monoisotopic (exact) mass is 261 g/mol. The number of hydrogen-bond donors (Lipinski definition) is 3. The van der Waals surface area contributed by atoms with Crippen LogP contribution in [0.3, 0.4) is 0 Å². The molecule has 0 radical (unpaired) electrons. The maximum absolute atomic E-state index is 5.43. The third-order valence-corrected chi connectivity index (χ3v) is 3.57. The summed E-state index contributed by atoms with van der Waals surface area (Å²) in [6, 6.07) is 0. The molecule has 0 aromatic carbocycles. The predicted octanol–water partition coefficient (Wildman–Crippen LogP) is 0.378. The van der Waals surface area contributed by atoms with E-state index in [0.29, 0.717) is 11.7 Å². The number of hydrazine groups is 1. The van der Waals surface area contributed by atoms with Crippen molar-refractivity contribution in [3.8, 4) is 0 Å². The lowest BCUT2D eigenvalue weighted by Gasteiger charge is -2.13. The van der Waals surface area contributed by atoms with Gasteiger partial charge in [0.1, 0.15) is 0 Å². The summed E-state index contributed by atoms with van der Waals surface area (Å²) < 4.78 is 1.91. The van der Waals surface area contributed by atoms with Crippen molar-refractivity contribution in [2.24, 2.45) is 11.8 Å². The number of imidazole rings is 1. The normalized spacial score (nSPS) is 20.0. The van der Waals surface area contributed by atoms with Crippen molar-refractivity contribution in [1.29, 1.82) is 0 Å². The fourth-order valence-corrected chi connectivity index (χ4v) is 2.55. The first-order valence-electron chi connectivity index (χ1n) is 6.49. The van der Waals surface area contributed by atoms with Crippen LogP contribution in [0.5, 0.6) is 0 Å². The zero-order valence-electron chi connectivity index (χ0n) is 11.0. The zero-order chi connectivity index (χ0) is 13.2. The minimum atomic E-state index is 0.622. The van der Waals surface area contributed by atoms with Gasteiger partial charge in [-0.3, -0.25) is 0 Å². The molecule has 0 bridgehead atoms. The topological polar surface area (TPSA) is 83.5 Å². The molecule has 102 valence electrons. The molecule has 0 saturated carbocycles. The van der Waals surface area contributed by atoms with Crippen molar-refractivity contribution in [2.45, 2.75) is 6.42 Å². The van der Waals surface area contributed by atoms with Gasteiger partial charge in [0.2, 0.25) is 0 Å². The van der Waals surface area contributed by atoms with E-state index in [1.165, 1.54) is 13.0 Å². The lowest BCUT2D eigenvalue weighted by molar-refractivity contribution is 0.399. The highest BCUT2D eigenvalue weighted by atomic mass is 15.3. The van der Waals surface area contributed by atoms with E-state index in [2.05, 4.69) is 32.7 Å². The first kappa shape index (κ1) is 12.2. The van der Waals surface area contributed by atoms with Gasteiger partial charge in [0.05, 0.1) is 6.20 Å². The molecule has 19 heavy (non-hydrogen) atoms. The molecule has 1 aliphatic heterocycles. The number of anilines is 2. The molecule has 0 aliphatic carbocycles. The second-order valence-electron chi connectivity index (χ2n) is 5.08. The average Bonchev–Trinajstić information content (AvgIpc) is 3.04. The number of hydrogen-bond acceptors (Lipinski definition) is 6. The summed E-state index contributed by atoms with van der Waals surface area (Å²) in [5, 5.41) is 3.39. The standard InChI is InChI=1S/C12H19N7/c1-18-4-2-9(7-18)6-15-11-12-14-3-5-19(12)8-10(16-11)17-13/h3,5,8-9,17H,2,4,6-7,13H2,1H3,(H,15,16). The molecule has 1 atom stereocenters. The number of fused-ring (bicyclic) bond motifs is 1. The molecule has 4 N–H and O–H groups in total. The van der Waals surface area contributed by atoms with Crippen LogP contribution in [0, 0.1) is 5.92 Å². The SMILES string of the molecule is CN1CCC(CNc2nc(NN)cn3ccnc23)C1. The summed E-state index contributed by atoms with van der Waals surface area (Å²) in [6.45, 7) is 3.21. The number of nitrogens with two attached hydrogens (primary N) is 1. The van der Waals surface area contributed by atoms with Crippen molar-refractivity contribution in [3.63, 3.8) is 0 Å². The number of nitrogens with zero attached hydrogens (tertiary/aromatic N) is 4. The van der Waals surface area contributed by atoms with Gasteiger partial charge in [0.15, 0.2) is 17.3 Å². The number of likely N-dealkylation sites (tertiary alicyclic amines) is 1. The van der Waals surface area contributed by atoms with Crippen molar-refractivity contribution >= 4 is 17.3 Å². The van der Waals surface area contributed by atoms with Gasteiger partial charge in [0.25, 0.3) is 0 Å². The predicted molar refractivity (Wildman–Crippen MR) is 74.9 cm³/mol. The highest BCUT2D eigenvalue weighted by Gasteiger charge is 2.19. The smallest absolute Gasteiger partial charge is 0.180 e. The maximum atomic E-state index is 5.43. The van der Waals surface area contributed by atoms with E-state index in [1.807, 2.05) is 16.8 Å². The highest BCUT2D eigenvalue weighted by Crippen LogP contribution is 2.19. The Balaban J connectivity index is 1.77. The largest absolute Gasteiger partial charge is 0.367 e. The Kier molecular flexibility index (Phi) is 3.22. The molecule has 2 aromatic rings. The number of nitrogen functional groups attached to an aromatic ring is 1. The molecule has 2 aromatic heterocycles. The molecular weight excluding hydrogens is 242 g/mol. The Hall–Kier alpha value is -1.86. The molecule has 3 heterocycles. The van der Waals surface area contributed by atoms with Gasteiger partial charge < -0.3 is 20.0 Å². The van der Waals surface area contributed by atoms with Gasteiger partial charge in [-0.15, -0.1) is 0 Å². The van der Waals surface area contributed by atoms with Gasteiger partial charge in [-0.1, -0.05) is 0 Å². The second-order valence-corrected chi connectivity index (χ2v) is 5.08. The van der Waals surface area contributed by atoms with Crippen LogP contribution in [0.4, 0.5) is 11.6 Å². The summed E-state index contributed by atoms with van der Waals surface area (Å²) in [5.74, 6) is 7.49. The van der Waals surface area contributed by atoms with Crippen LogP contribution in [0.2, 0.25) is 0 Å². The van der Waals surface area contributed by atoms with Crippen LogP contribution in [0.25, 0.3) is 5.65 Å². The summed E-state index contributed by atoms with van der Waals surface area (Å²) in [6.07, 6.45) is 6.68. The summed E-state index contributed by atoms with van der Waals surface area (Å²) in [5.41, 5.74) is 3.40. The van der Waals surface area contributed by atoms with Crippen molar-refractivity contribution in [2.75, 3.05) is 37.4 Å². The van der Waals surface area contributed by atoms with Crippen molar-refractivity contribution in [1.82, 2.24) is 19.3 Å². The summed E-state index contributed by atoms with van der Waals surface area (Å²) >= 11 is 0. The molecule has 1 unspecified atom stereocenters. The number of aromatic nitrogens is 3. The Morgan fingerprint density at radius 1 is 1.53 bits per heavy atom. The van der Waals surface area contributed by atoms with E-state index in [-0.39, 0.29) is 0 Å². The zero-order valence-corrected chi connectivity index (χ0v) is 11.0. The molecular formula is C12H19N7. The van der Waals surface area contributed by atoms with E-state index in [1.54, 1.807) is 6.20 Å². The van der Waals surface area contributed by atoms with Crippen LogP contribution in [-0.4, -0.2) is 46.0 Å². The maximum Gasteiger partial charge on any atom is 0.180 e. The van der Waals surface area contributed by atoms with E-state index in [9.17, 15) is 0 Å². The van der Waals surface area contributed by atoms with Crippen LogP contribution in [0.15, 0.2) is 18.6 Å². The third kappa shape index (κ3) is 2.47. The third-order valence-electron chi connectivity index (χ3n) is 3.57. The molecule has 3 rings (SSSR count). The second kappa shape index (κ2) is 5.02. The Morgan fingerprint density at radius 2 is 2.42 bits per heavy atom. The van der Waals surface area contributed by atoms with Gasteiger partial charge in [-0.05, 0) is 25.9 Å². The van der Waals surface area contributed by atoms with E-state index < -0.39 is 0 Å². The molecule has 1 fully saturated rings. The molecule has 0 spiro atoms. The quantitative estimate of drug-likeness (QED) is 0.545. The molecule has 7 heteroatoms. The molecule has 1 saturated heterocycles. The lowest BCUT2D eigenvalue weighted by Crippen LogP contribution is -2.20. The van der Waals surface area contributed by atoms with Crippen molar-refractivity contribution < 1.29 is 0 Å². The van der Waals surface area contributed by atoms with Gasteiger partial charge in [-0.2, -0.15) is 0 Å². The fraction of sp³-hybridized carbons (Fsp3) is 0.500. The molecule has 7 nitrogen and oxygen atoms in total. The fourth-order valence-electron chi connectivity index (χ4n) is 2.55. The number of nitrogens with one attached hydrogen (secondary N) is 2. The summed E-state index contributed by atoms with van der Waals surface area (Å²) in [7, 11) is 2.16. The average molecular weight is 261 g/mol. The van der Waals surface area contributed by atoms with Crippen LogP contribution < -0.4 is 16.6 Å². The van der Waals surface area contributed by atoms with E-state index >= 15 is 0 Å². The minimum absolute atomic E-state index is 0.622. The van der Waals surface area contributed by atoms with Gasteiger partial charge in [-0.25, -0.2) is 15.8 Å². The lowest BCUT2D eigenvalue weighted by atomic mass is 10.1. The molecule has 0 amide bonds. The van der Waals surface area contributed by atoms with Crippen LogP contribution in [0.1, 0.15) is 6.42 Å². The molecule has 1 aliphatic rings. The van der Waals surface area contributed by atoms with Crippen molar-refractivity contribution in [3.05, 3.63) is 18.6 Å². The van der Waals surface area contributed by atoms with E-state index in [4.69, 9.17) is 5.84 Å². The minimum Gasteiger partial charge on any atom is -0.367 e. The highest BCUT2D eigenvalue weighted by molar-refractivity contribution is 5.65. The van der Waals surface area contributed by atoms with Gasteiger partial charge in [0, 0.05) is 25.5 Å². The summed E-state index contributed by atoms with van der Waals surface area (Å²) in [4.78, 5) is 11.1. The first-order chi connectivity index (χ1) is 9.26. The van der Waals surface area contributed by atoms with E-state index in [0.717, 1.165) is 24.6 Å². The van der Waals surface area contributed by atoms with Gasteiger partial charge >= 0.3 is 0 Å².